The van der Waals surface area contributed by atoms with E-state index < -0.39 is 35.0 Å². The van der Waals surface area contributed by atoms with Crippen molar-refractivity contribution in [3.8, 4) is 0 Å². The average molecular weight is 508 g/mol. The molecule has 4 heterocycles. The Bertz CT molecular complexity index is 1200. The van der Waals surface area contributed by atoms with E-state index in [9.17, 15) is 29.1 Å². The molecule has 0 spiro atoms. The van der Waals surface area contributed by atoms with Crippen LogP contribution in [0.1, 0.15) is 10.5 Å². The quantitative estimate of drug-likeness (QED) is 0.151. The van der Waals surface area contributed by atoms with E-state index in [-0.39, 0.29) is 27.4 Å². The van der Waals surface area contributed by atoms with Crippen molar-refractivity contribution in [1.82, 2.24) is 15.2 Å². The third-order valence-corrected chi connectivity index (χ3v) is 7.39. The Morgan fingerprint density at radius 1 is 1.30 bits per heavy atom. The van der Waals surface area contributed by atoms with E-state index >= 15 is 0 Å². The molecule has 2 aliphatic heterocycles. The minimum atomic E-state index is -1.49. The van der Waals surface area contributed by atoms with Gasteiger partial charge in [-0.3, -0.25) is 24.1 Å². The van der Waals surface area contributed by atoms with Gasteiger partial charge in [0.1, 0.15) is 21.4 Å². The molecule has 3 amide bonds. The number of Topliss-reactive ketones (excluding diaryl/α,β-unsaturated/α-hetero) is 1. The highest BCUT2D eigenvalue weighted by Crippen LogP contribution is 2.40. The number of nitrogens with one attached hydrogen (secondary N) is 2. The number of carbonyl (C=O) groups is 5. The first-order chi connectivity index (χ1) is 15.8. The van der Waals surface area contributed by atoms with E-state index in [1.807, 2.05) is 6.07 Å². The highest BCUT2D eigenvalue weighted by atomic mass is 35.5. The second-order valence-corrected chi connectivity index (χ2v) is 9.59. The Morgan fingerprint density at radius 3 is 2.70 bits per heavy atom. The number of aromatic nitrogens is 2. The van der Waals surface area contributed by atoms with Crippen molar-refractivity contribution in [2.75, 3.05) is 11.1 Å². The zero-order valence-corrected chi connectivity index (χ0v) is 18.9. The number of carbonyl (C=O) groups excluding carboxylic acids is 5. The number of nitrogens with zero attached hydrogens (tertiary/aromatic N) is 3. The van der Waals surface area contributed by atoms with Gasteiger partial charge in [-0.05, 0) is 0 Å². The number of aliphatic carboxylic acids is 1. The van der Waals surface area contributed by atoms with E-state index in [1.54, 1.807) is 29.1 Å². The molecule has 1 saturated heterocycles. The number of carboxylic acids is 1. The average Bonchev–Trinajstić information content (AvgIpc) is 3.17. The fourth-order valence-electron chi connectivity index (χ4n) is 3.42. The van der Waals surface area contributed by atoms with Crippen LogP contribution in [0.25, 0.3) is 0 Å². The number of ketones is 1. The van der Waals surface area contributed by atoms with Crippen molar-refractivity contribution >= 4 is 69.8 Å². The van der Waals surface area contributed by atoms with Gasteiger partial charge in [0.2, 0.25) is 6.41 Å². The Kier molecular flexibility index (Phi) is 6.44. The first kappa shape index (κ1) is 22.9. The van der Waals surface area contributed by atoms with E-state index in [0.29, 0.717) is 17.7 Å². The van der Waals surface area contributed by atoms with Gasteiger partial charge in [0.15, 0.2) is 24.1 Å². The number of thiazole rings is 1. The maximum absolute atomic E-state index is 12.7. The van der Waals surface area contributed by atoms with Gasteiger partial charge in [-0.1, -0.05) is 29.0 Å². The number of fused-ring (bicyclic) bond motifs is 1. The summed E-state index contributed by atoms with van der Waals surface area (Å²) in [5.41, 5.74) is -0.101. The first-order valence-electron chi connectivity index (χ1n) is 9.35. The molecule has 4 rings (SSSR count). The predicted molar refractivity (Wildman–Crippen MR) is 115 cm³/mol. The Morgan fingerprint density at radius 2 is 2.03 bits per heavy atom. The van der Waals surface area contributed by atoms with E-state index in [2.05, 4.69) is 15.6 Å². The number of pyridine rings is 1. The normalized spacial score (nSPS) is 19.4. The number of hydrogen-bond acceptors (Lipinski definition) is 9. The molecule has 170 valence electrons. The largest absolute Gasteiger partial charge is 0.543 e. The molecule has 1 fully saturated rings. The molecular weight excluding hydrogens is 494 g/mol. The van der Waals surface area contributed by atoms with Crippen LogP contribution in [-0.4, -0.2) is 57.0 Å². The summed E-state index contributed by atoms with van der Waals surface area (Å²) in [4.78, 5) is 64.8. The van der Waals surface area contributed by atoms with Crippen molar-refractivity contribution in [1.29, 1.82) is 0 Å². The number of amides is 3. The monoisotopic (exact) mass is 507 g/mol. The van der Waals surface area contributed by atoms with Crippen LogP contribution >= 0.6 is 34.7 Å². The number of hydrogen-bond donors (Lipinski definition) is 2. The molecule has 0 aromatic carbocycles. The van der Waals surface area contributed by atoms with E-state index in [1.165, 1.54) is 11.8 Å². The number of carboxylic acid groups (broad SMARTS) is 1. The highest BCUT2D eigenvalue weighted by Gasteiger charge is 2.53. The predicted octanol–water partition coefficient (Wildman–Crippen LogP) is -1.06. The van der Waals surface area contributed by atoms with Gasteiger partial charge in [-0.25, -0.2) is 9.55 Å². The van der Waals surface area contributed by atoms with Crippen LogP contribution in [0.4, 0.5) is 5.13 Å². The maximum atomic E-state index is 12.7. The van der Waals surface area contributed by atoms with Gasteiger partial charge < -0.3 is 20.5 Å². The summed E-state index contributed by atoms with van der Waals surface area (Å²) in [6, 6.07) is 4.31. The molecule has 0 unspecified atom stereocenters. The molecular formula is C19H14ClN5O6S2. The number of rotatable bonds is 8. The van der Waals surface area contributed by atoms with Crippen molar-refractivity contribution in [2.45, 2.75) is 18.0 Å². The minimum absolute atomic E-state index is 0.0347. The molecule has 0 radical (unpaired) electrons. The number of β-lactam (4-membered cyclic amide) rings is 1. The fraction of sp³-hybridized carbons (Fsp3) is 0.211. The summed E-state index contributed by atoms with van der Waals surface area (Å²) >= 11 is 7.98. The standard InChI is InChI=1S/C19H14ClN5O6S2/c20-14-10(23-19(33-14)21-8-26)13(27)15(28)22-11-16(29)25-12(18(30)31)9(7-32-17(11)25)6-24-4-2-1-3-5-24/h1-5,8,11,17H,6-7H2,(H2-,21,22,23,26,28,30,31)/t11-,17-/m1/s1. The lowest BCUT2D eigenvalue weighted by molar-refractivity contribution is -0.689. The summed E-state index contributed by atoms with van der Waals surface area (Å²) < 4.78 is 1.67. The molecule has 14 heteroatoms. The Balaban J connectivity index is 1.49. The molecule has 0 bridgehead atoms. The second kappa shape index (κ2) is 9.29. The van der Waals surface area contributed by atoms with Crippen molar-refractivity contribution in [3.63, 3.8) is 0 Å². The molecule has 2 atom stereocenters. The zero-order valence-electron chi connectivity index (χ0n) is 16.5. The van der Waals surface area contributed by atoms with Crippen LogP contribution in [0, 0.1) is 0 Å². The van der Waals surface area contributed by atoms with Crippen LogP contribution in [0.15, 0.2) is 41.9 Å². The Labute approximate surface area is 199 Å². The van der Waals surface area contributed by atoms with Crippen LogP contribution in [-0.2, 0) is 25.7 Å². The Hall–Kier alpha value is -3.29. The second-order valence-electron chi connectivity index (χ2n) is 6.88. The van der Waals surface area contributed by atoms with Gasteiger partial charge in [-0.15, -0.1) is 11.8 Å². The van der Waals surface area contributed by atoms with Crippen LogP contribution in [0.5, 0.6) is 0 Å². The summed E-state index contributed by atoms with van der Waals surface area (Å²) in [7, 11) is 0. The molecule has 2 aromatic rings. The van der Waals surface area contributed by atoms with Gasteiger partial charge in [0.25, 0.3) is 17.6 Å². The molecule has 0 saturated carbocycles. The zero-order chi connectivity index (χ0) is 23.7. The van der Waals surface area contributed by atoms with E-state index in [4.69, 9.17) is 11.6 Å². The summed E-state index contributed by atoms with van der Waals surface area (Å²) in [5.74, 6) is -4.08. The molecule has 11 nitrogen and oxygen atoms in total. The SMILES string of the molecule is O=CNc1nc(C(=O)C(=O)N[C@@H]2C(=O)N3C(C(=O)[O-])=C(C[n+]4ccccc4)CS[C@H]23)c(Cl)s1. The van der Waals surface area contributed by atoms with Crippen molar-refractivity contribution < 1.29 is 33.6 Å². The van der Waals surface area contributed by atoms with Gasteiger partial charge in [-0.2, -0.15) is 0 Å². The summed E-state index contributed by atoms with van der Waals surface area (Å²) in [6.07, 6.45) is 3.88. The van der Waals surface area contributed by atoms with Gasteiger partial charge in [0.05, 0.1) is 11.7 Å². The fourth-order valence-corrected chi connectivity index (χ4v) is 5.75. The highest BCUT2D eigenvalue weighted by molar-refractivity contribution is 8.00. The van der Waals surface area contributed by atoms with Gasteiger partial charge >= 0.3 is 0 Å². The number of anilines is 1. The van der Waals surface area contributed by atoms with Crippen LogP contribution < -0.4 is 20.3 Å². The van der Waals surface area contributed by atoms with E-state index in [0.717, 1.165) is 16.2 Å². The maximum Gasteiger partial charge on any atom is 0.294 e. The van der Waals surface area contributed by atoms with Crippen molar-refractivity contribution in [3.05, 3.63) is 51.9 Å². The van der Waals surface area contributed by atoms with Crippen LogP contribution in [0.3, 0.4) is 0 Å². The molecule has 0 aliphatic carbocycles. The summed E-state index contributed by atoms with van der Waals surface area (Å²) in [5, 5.41) is 15.7. The number of halogens is 1. The number of thioether (sulfide) groups is 1. The minimum Gasteiger partial charge on any atom is -0.543 e. The third kappa shape index (κ3) is 4.34. The lowest BCUT2D eigenvalue weighted by atomic mass is 10.0. The smallest absolute Gasteiger partial charge is 0.294 e. The molecule has 2 aliphatic rings. The molecule has 2 N–H and O–H groups in total. The first-order valence-corrected chi connectivity index (χ1v) is 11.6. The summed E-state index contributed by atoms with van der Waals surface area (Å²) in [6.45, 7) is 0.253. The molecule has 33 heavy (non-hydrogen) atoms. The molecule has 2 aromatic heterocycles. The van der Waals surface area contributed by atoms with Gasteiger partial charge in [0, 0.05) is 23.5 Å². The lowest BCUT2D eigenvalue weighted by Crippen LogP contribution is -2.71. The van der Waals surface area contributed by atoms with Crippen molar-refractivity contribution in [2.24, 2.45) is 0 Å². The third-order valence-electron chi connectivity index (χ3n) is 4.87. The topological polar surface area (TPSA) is 152 Å². The lowest BCUT2D eigenvalue weighted by Gasteiger charge is -2.50. The van der Waals surface area contributed by atoms with Crippen LogP contribution in [0.2, 0.25) is 4.34 Å².